The second-order valence-electron chi connectivity index (χ2n) is 4.71. The predicted octanol–water partition coefficient (Wildman–Crippen LogP) is 3.37. The molecule has 1 aromatic rings. The van der Waals surface area contributed by atoms with E-state index in [1.165, 1.54) is 37.2 Å². The van der Waals surface area contributed by atoms with Crippen LogP contribution in [0.15, 0.2) is 12.1 Å². The number of hydrogen-bond acceptors (Lipinski definition) is 3. The van der Waals surface area contributed by atoms with Gasteiger partial charge in [-0.2, -0.15) is 0 Å². The Kier molecular flexibility index (Phi) is 5.29. The number of halogens is 1. The van der Waals surface area contributed by atoms with E-state index < -0.39 is 0 Å². The Morgan fingerprint density at radius 3 is 2.76 bits per heavy atom. The zero-order valence-electron chi connectivity index (χ0n) is 10.4. The molecular weight excluding hydrogens is 252 g/mol. The molecule has 17 heavy (non-hydrogen) atoms. The number of rotatable bonds is 5. The summed E-state index contributed by atoms with van der Waals surface area (Å²) >= 11 is 7.65. The minimum atomic E-state index is 0.734. The molecule has 0 saturated carbocycles. The third-order valence-corrected chi connectivity index (χ3v) is 4.49. The zero-order chi connectivity index (χ0) is 12.1. The van der Waals surface area contributed by atoms with Crippen molar-refractivity contribution in [2.75, 3.05) is 19.6 Å². The lowest BCUT2D eigenvalue weighted by Gasteiger charge is -2.32. The van der Waals surface area contributed by atoms with Crippen molar-refractivity contribution in [1.29, 1.82) is 0 Å². The number of thiophene rings is 1. The topological polar surface area (TPSA) is 15.3 Å². The molecule has 0 aromatic carbocycles. The molecule has 0 bridgehead atoms. The Bertz CT molecular complexity index is 332. The van der Waals surface area contributed by atoms with Gasteiger partial charge in [-0.15, -0.1) is 11.3 Å². The fourth-order valence-corrected chi connectivity index (χ4v) is 3.43. The number of nitrogens with zero attached hydrogens (tertiary/aromatic N) is 1. The van der Waals surface area contributed by atoms with Gasteiger partial charge < -0.3 is 5.32 Å². The fraction of sp³-hybridized carbons (Fsp3) is 0.692. The number of likely N-dealkylation sites (tertiary alicyclic amines) is 1. The molecule has 1 N–H and O–H groups in total. The van der Waals surface area contributed by atoms with Crippen LogP contribution >= 0.6 is 22.9 Å². The highest BCUT2D eigenvalue weighted by Gasteiger charge is 2.18. The van der Waals surface area contributed by atoms with Crippen molar-refractivity contribution in [3.8, 4) is 0 Å². The van der Waals surface area contributed by atoms with E-state index in [0.29, 0.717) is 0 Å². The summed E-state index contributed by atoms with van der Waals surface area (Å²) in [5, 5.41) is 3.61. The second kappa shape index (κ2) is 6.74. The van der Waals surface area contributed by atoms with Crippen molar-refractivity contribution < 1.29 is 0 Å². The molecule has 2 nitrogen and oxygen atoms in total. The molecule has 96 valence electrons. The van der Waals surface area contributed by atoms with Crippen LogP contribution in [0.1, 0.15) is 31.1 Å². The highest BCUT2D eigenvalue weighted by molar-refractivity contribution is 7.16. The van der Waals surface area contributed by atoms with E-state index in [9.17, 15) is 0 Å². The molecule has 1 aliphatic heterocycles. The van der Waals surface area contributed by atoms with E-state index in [0.717, 1.165) is 23.5 Å². The van der Waals surface area contributed by atoms with Crippen molar-refractivity contribution >= 4 is 22.9 Å². The number of hydrogen-bond donors (Lipinski definition) is 1. The first-order valence-corrected chi connectivity index (χ1v) is 7.67. The van der Waals surface area contributed by atoms with Gasteiger partial charge in [0.25, 0.3) is 0 Å². The average Bonchev–Trinajstić information content (AvgIpc) is 2.74. The highest BCUT2D eigenvalue weighted by Crippen LogP contribution is 2.23. The van der Waals surface area contributed by atoms with Crippen molar-refractivity contribution in [2.45, 2.75) is 38.8 Å². The maximum Gasteiger partial charge on any atom is 0.0931 e. The Morgan fingerprint density at radius 2 is 2.18 bits per heavy atom. The molecular formula is C13H21ClN2S. The van der Waals surface area contributed by atoms with Gasteiger partial charge in [0.15, 0.2) is 0 Å². The lowest BCUT2D eigenvalue weighted by Crippen LogP contribution is -2.42. The maximum absolute atomic E-state index is 5.95. The van der Waals surface area contributed by atoms with Gasteiger partial charge in [-0.3, -0.25) is 4.90 Å². The SMILES string of the molecule is CCCNC1CCN(Cc2ccc(Cl)s2)CC1. The van der Waals surface area contributed by atoms with E-state index in [1.807, 2.05) is 6.07 Å². The van der Waals surface area contributed by atoms with Crippen LogP contribution in [0, 0.1) is 0 Å². The van der Waals surface area contributed by atoms with Crippen LogP contribution in [0.5, 0.6) is 0 Å². The average molecular weight is 273 g/mol. The summed E-state index contributed by atoms with van der Waals surface area (Å²) in [6, 6.07) is 4.88. The largest absolute Gasteiger partial charge is 0.314 e. The Labute approximate surface area is 113 Å². The van der Waals surface area contributed by atoms with Gasteiger partial charge in [-0.1, -0.05) is 18.5 Å². The van der Waals surface area contributed by atoms with Crippen LogP contribution in [0.25, 0.3) is 0 Å². The summed E-state index contributed by atoms with van der Waals surface area (Å²) in [5.41, 5.74) is 0. The minimum Gasteiger partial charge on any atom is -0.314 e. The molecule has 1 aliphatic rings. The van der Waals surface area contributed by atoms with Crippen LogP contribution < -0.4 is 5.32 Å². The second-order valence-corrected chi connectivity index (χ2v) is 6.51. The lowest BCUT2D eigenvalue weighted by molar-refractivity contribution is 0.192. The summed E-state index contributed by atoms with van der Waals surface area (Å²) in [6.45, 7) is 6.86. The Balaban J connectivity index is 1.72. The quantitative estimate of drug-likeness (QED) is 0.884. The van der Waals surface area contributed by atoms with Crippen LogP contribution in [0.4, 0.5) is 0 Å². The van der Waals surface area contributed by atoms with Gasteiger partial charge in [0.2, 0.25) is 0 Å². The molecule has 2 rings (SSSR count). The van der Waals surface area contributed by atoms with E-state index >= 15 is 0 Å². The minimum absolute atomic E-state index is 0.734. The molecule has 0 aliphatic carbocycles. The van der Waals surface area contributed by atoms with Gasteiger partial charge in [0, 0.05) is 17.5 Å². The molecule has 0 spiro atoms. The smallest absolute Gasteiger partial charge is 0.0931 e. The molecule has 0 radical (unpaired) electrons. The van der Waals surface area contributed by atoms with Gasteiger partial charge in [0.1, 0.15) is 0 Å². The molecule has 4 heteroatoms. The lowest BCUT2D eigenvalue weighted by atomic mass is 10.0. The van der Waals surface area contributed by atoms with Crippen LogP contribution in [-0.4, -0.2) is 30.6 Å². The van der Waals surface area contributed by atoms with Crippen molar-refractivity contribution in [1.82, 2.24) is 10.2 Å². The molecule has 0 atom stereocenters. The predicted molar refractivity (Wildman–Crippen MR) is 75.9 cm³/mol. The summed E-state index contributed by atoms with van der Waals surface area (Å²) in [6.07, 6.45) is 3.78. The number of piperidine rings is 1. The first kappa shape index (κ1) is 13.3. The highest BCUT2D eigenvalue weighted by atomic mass is 35.5. The normalized spacial score (nSPS) is 18.7. The Morgan fingerprint density at radius 1 is 1.41 bits per heavy atom. The summed E-state index contributed by atoms with van der Waals surface area (Å²) in [4.78, 5) is 3.92. The van der Waals surface area contributed by atoms with Gasteiger partial charge >= 0.3 is 0 Å². The summed E-state index contributed by atoms with van der Waals surface area (Å²) in [5.74, 6) is 0. The third-order valence-electron chi connectivity index (χ3n) is 3.28. The Hall–Kier alpha value is -0.0900. The molecule has 1 fully saturated rings. The van der Waals surface area contributed by atoms with Crippen LogP contribution in [-0.2, 0) is 6.54 Å². The first-order valence-electron chi connectivity index (χ1n) is 6.48. The van der Waals surface area contributed by atoms with E-state index in [-0.39, 0.29) is 0 Å². The van der Waals surface area contributed by atoms with Crippen molar-refractivity contribution in [3.05, 3.63) is 21.3 Å². The fourth-order valence-electron chi connectivity index (χ4n) is 2.30. The maximum atomic E-state index is 5.95. The first-order chi connectivity index (χ1) is 8.28. The molecule has 1 aromatic heterocycles. The van der Waals surface area contributed by atoms with E-state index in [2.05, 4.69) is 23.2 Å². The molecule has 0 unspecified atom stereocenters. The van der Waals surface area contributed by atoms with Crippen LogP contribution in [0.3, 0.4) is 0 Å². The third kappa shape index (κ3) is 4.25. The van der Waals surface area contributed by atoms with Gasteiger partial charge in [-0.05, 0) is 51.0 Å². The van der Waals surface area contributed by atoms with Crippen molar-refractivity contribution in [3.63, 3.8) is 0 Å². The summed E-state index contributed by atoms with van der Waals surface area (Å²) in [7, 11) is 0. The molecule has 1 saturated heterocycles. The van der Waals surface area contributed by atoms with Gasteiger partial charge in [0.05, 0.1) is 4.34 Å². The standard InChI is InChI=1S/C13H21ClN2S/c1-2-7-15-11-5-8-16(9-6-11)10-12-3-4-13(14)17-12/h3-4,11,15H,2,5-10H2,1H3. The van der Waals surface area contributed by atoms with Gasteiger partial charge in [-0.25, -0.2) is 0 Å². The molecule has 2 heterocycles. The van der Waals surface area contributed by atoms with E-state index in [4.69, 9.17) is 11.6 Å². The number of nitrogens with one attached hydrogen (secondary N) is 1. The van der Waals surface area contributed by atoms with E-state index in [1.54, 1.807) is 11.3 Å². The molecule has 0 amide bonds. The zero-order valence-corrected chi connectivity index (χ0v) is 12.0. The monoisotopic (exact) mass is 272 g/mol. The van der Waals surface area contributed by atoms with Crippen molar-refractivity contribution in [2.24, 2.45) is 0 Å². The summed E-state index contributed by atoms with van der Waals surface area (Å²) < 4.78 is 0.902. The van der Waals surface area contributed by atoms with Crippen LogP contribution in [0.2, 0.25) is 4.34 Å².